The zero-order valence-electron chi connectivity index (χ0n) is 10.6. The Morgan fingerprint density at radius 3 is 2.61 bits per heavy atom. The maximum Gasteiger partial charge on any atom is 0.239 e. The second-order valence-corrected chi connectivity index (χ2v) is 5.33. The summed E-state index contributed by atoms with van der Waals surface area (Å²) >= 11 is 11.7. The van der Waals surface area contributed by atoms with Gasteiger partial charge in [0.05, 0.1) is 16.6 Å². The van der Waals surface area contributed by atoms with Crippen LogP contribution in [0, 0.1) is 5.92 Å². The summed E-state index contributed by atoms with van der Waals surface area (Å²) < 4.78 is 0. The molecular weight excluding hydrogens is 271 g/mol. The van der Waals surface area contributed by atoms with Gasteiger partial charge in [0, 0.05) is 12.2 Å². The average molecular weight is 289 g/mol. The van der Waals surface area contributed by atoms with Crippen LogP contribution in [0.4, 0.5) is 5.69 Å². The number of anilines is 1. The predicted molar refractivity (Wildman–Crippen MR) is 77.4 cm³/mol. The van der Waals surface area contributed by atoms with Crippen molar-refractivity contribution in [3.8, 4) is 0 Å². The Hall–Kier alpha value is -0.930. The van der Waals surface area contributed by atoms with E-state index in [1.54, 1.807) is 18.2 Å². The maximum absolute atomic E-state index is 11.5. The van der Waals surface area contributed by atoms with Crippen molar-refractivity contribution >= 4 is 34.8 Å². The van der Waals surface area contributed by atoms with Crippen molar-refractivity contribution in [2.75, 3.05) is 18.4 Å². The zero-order chi connectivity index (χ0) is 13.5. The van der Waals surface area contributed by atoms with Gasteiger partial charge in [-0.25, -0.2) is 0 Å². The number of hydrogen-bond acceptors (Lipinski definition) is 2. The minimum atomic E-state index is -0.0262. The maximum atomic E-state index is 11.5. The molecule has 0 radical (unpaired) electrons. The summed E-state index contributed by atoms with van der Waals surface area (Å²) in [5.41, 5.74) is 0.781. The van der Waals surface area contributed by atoms with Gasteiger partial charge < -0.3 is 10.6 Å². The Kier molecular flexibility index (Phi) is 6.30. The van der Waals surface area contributed by atoms with Gasteiger partial charge in [-0.05, 0) is 30.5 Å². The van der Waals surface area contributed by atoms with Crippen molar-refractivity contribution in [2.45, 2.75) is 20.3 Å². The van der Waals surface area contributed by atoms with Gasteiger partial charge in [-0.2, -0.15) is 0 Å². The van der Waals surface area contributed by atoms with Gasteiger partial charge in [0.25, 0.3) is 0 Å². The molecular formula is C13H18Cl2N2O. The van der Waals surface area contributed by atoms with Crippen LogP contribution in [-0.4, -0.2) is 19.0 Å². The molecule has 0 heterocycles. The van der Waals surface area contributed by atoms with Gasteiger partial charge in [-0.1, -0.05) is 37.0 Å². The molecule has 1 amide bonds. The summed E-state index contributed by atoms with van der Waals surface area (Å²) in [7, 11) is 0. The first-order valence-electron chi connectivity index (χ1n) is 5.94. The predicted octanol–water partition coefficient (Wildman–Crippen LogP) is 3.57. The highest BCUT2D eigenvalue weighted by molar-refractivity contribution is 6.42. The smallest absolute Gasteiger partial charge is 0.239 e. The normalized spacial score (nSPS) is 10.5. The molecule has 0 unspecified atom stereocenters. The van der Waals surface area contributed by atoms with Gasteiger partial charge in [0.2, 0.25) is 5.91 Å². The monoisotopic (exact) mass is 288 g/mol. The molecule has 0 saturated carbocycles. The van der Waals surface area contributed by atoms with Crippen molar-refractivity contribution < 1.29 is 4.79 Å². The van der Waals surface area contributed by atoms with Gasteiger partial charge in [0.1, 0.15) is 0 Å². The van der Waals surface area contributed by atoms with E-state index in [-0.39, 0.29) is 12.5 Å². The van der Waals surface area contributed by atoms with Crippen LogP contribution in [-0.2, 0) is 4.79 Å². The standard InChI is InChI=1S/C13H18Cl2N2O/c1-9(2)5-6-16-13(18)8-17-10-3-4-11(14)12(15)7-10/h3-4,7,9,17H,5-6,8H2,1-2H3,(H,16,18). The SMILES string of the molecule is CC(C)CCNC(=O)CNc1ccc(Cl)c(Cl)c1. The van der Waals surface area contributed by atoms with Crippen molar-refractivity contribution in [3.63, 3.8) is 0 Å². The van der Waals surface area contributed by atoms with E-state index >= 15 is 0 Å². The molecule has 0 aliphatic carbocycles. The van der Waals surface area contributed by atoms with Crippen LogP contribution in [0.3, 0.4) is 0 Å². The lowest BCUT2D eigenvalue weighted by molar-refractivity contribution is -0.119. The fraction of sp³-hybridized carbons (Fsp3) is 0.462. The molecule has 100 valence electrons. The van der Waals surface area contributed by atoms with Gasteiger partial charge in [0.15, 0.2) is 0 Å². The lowest BCUT2D eigenvalue weighted by atomic mass is 10.1. The number of carbonyl (C=O) groups is 1. The van der Waals surface area contributed by atoms with E-state index in [4.69, 9.17) is 23.2 Å². The lowest BCUT2D eigenvalue weighted by Gasteiger charge is -2.09. The first-order chi connectivity index (χ1) is 8.49. The Morgan fingerprint density at radius 1 is 1.28 bits per heavy atom. The molecule has 0 aliphatic heterocycles. The minimum absolute atomic E-state index is 0.0262. The quantitative estimate of drug-likeness (QED) is 0.840. The fourth-order valence-corrected chi connectivity index (χ4v) is 1.65. The number of benzene rings is 1. The summed E-state index contributed by atoms with van der Waals surface area (Å²) in [6.45, 7) is 5.19. The van der Waals surface area contributed by atoms with Crippen LogP contribution in [0.1, 0.15) is 20.3 Å². The summed E-state index contributed by atoms with van der Waals surface area (Å²) in [4.78, 5) is 11.5. The molecule has 0 aliphatic rings. The van der Waals surface area contributed by atoms with Crippen LogP contribution in [0.25, 0.3) is 0 Å². The molecule has 0 spiro atoms. The van der Waals surface area contributed by atoms with Gasteiger partial charge in [-0.15, -0.1) is 0 Å². The van der Waals surface area contributed by atoms with Crippen molar-refractivity contribution in [2.24, 2.45) is 5.92 Å². The van der Waals surface area contributed by atoms with Gasteiger partial charge >= 0.3 is 0 Å². The Balaban J connectivity index is 2.31. The van der Waals surface area contributed by atoms with Crippen LogP contribution in [0.15, 0.2) is 18.2 Å². The van der Waals surface area contributed by atoms with E-state index in [9.17, 15) is 4.79 Å². The topological polar surface area (TPSA) is 41.1 Å². The molecule has 0 bridgehead atoms. The molecule has 0 atom stereocenters. The molecule has 18 heavy (non-hydrogen) atoms. The van der Waals surface area contributed by atoms with Crippen LogP contribution < -0.4 is 10.6 Å². The van der Waals surface area contributed by atoms with E-state index in [2.05, 4.69) is 24.5 Å². The summed E-state index contributed by atoms with van der Waals surface area (Å²) in [5.74, 6) is 0.565. The van der Waals surface area contributed by atoms with E-state index < -0.39 is 0 Å². The number of hydrogen-bond donors (Lipinski definition) is 2. The summed E-state index contributed by atoms with van der Waals surface area (Å²) in [6, 6.07) is 5.18. The summed E-state index contributed by atoms with van der Waals surface area (Å²) in [6.07, 6.45) is 0.985. The third kappa shape index (κ3) is 5.61. The number of rotatable bonds is 6. The average Bonchev–Trinajstić information content (AvgIpc) is 2.30. The number of amides is 1. The van der Waals surface area contributed by atoms with E-state index in [0.717, 1.165) is 12.1 Å². The second-order valence-electron chi connectivity index (χ2n) is 4.51. The molecule has 3 nitrogen and oxygen atoms in total. The lowest BCUT2D eigenvalue weighted by Crippen LogP contribution is -2.31. The molecule has 1 aromatic carbocycles. The third-order valence-corrected chi connectivity index (χ3v) is 3.16. The largest absolute Gasteiger partial charge is 0.376 e. The van der Waals surface area contributed by atoms with Crippen molar-refractivity contribution in [1.29, 1.82) is 0 Å². The highest BCUT2D eigenvalue weighted by Crippen LogP contribution is 2.24. The number of carbonyl (C=O) groups excluding carboxylic acids is 1. The summed E-state index contributed by atoms with van der Waals surface area (Å²) in [5, 5.41) is 6.82. The van der Waals surface area contributed by atoms with E-state index in [0.29, 0.717) is 22.5 Å². The molecule has 2 N–H and O–H groups in total. The minimum Gasteiger partial charge on any atom is -0.376 e. The molecule has 1 rings (SSSR count). The third-order valence-electron chi connectivity index (χ3n) is 2.42. The Morgan fingerprint density at radius 2 is 2.00 bits per heavy atom. The molecule has 5 heteroatoms. The second kappa shape index (κ2) is 7.49. The Labute approximate surface area is 118 Å². The highest BCUT2D eigenvalue weighted by atomic mass is 35.5. The Bertz CT molecular complexity index is 408. The van der Waals surface area contributed by atoms with E-state index in [1.165, 1.54) is 0 Å². The number of halogens is 2. The van der Waals surface area contributed by atoms with Crippen molar-refractivity contribution in [1.82, 2.24) is 5.32 Å². The van der Waals surface area contributed by atoms with Crippen molar-refractivity contribution in [3.05, 3.63) is 28.2 Å². The van der Waals surface area contributed by atoms with Crippen LogP contribution in [0.5, 0.6) is 0 Å². The first kappa shape index (κ1) is 15.1. The van der Waals surface area contributed by atoms with Crippen LogP contribution in [0.2, 0.25) is 10.0 Å². The molecule has 0 fully saturated rings. The molecule has 0 saturated heterocycles. The van der Waals surface area contributed by atoms with Crippen LogP contribution >= 0.6 is 23.2 Å². The molecule has 0 aromatic heterocycles. The number of nitrogens with one attached hydrogen (secondary N) is 2. The van der Waals surface area contributed by atoms with E-state index in [1.807, 2.05) is 0 Å². The fourth-order valence-electron chi connectivity index (χ4n) is 1.35. The highest BCUT2D eigenvalue weighted by Gasteiger charge is 2.03. The van der Waals surface area contributed by atoms with Gasteiger partial charge in [-0.3, -0.25) is 4.79 Å². The zero-order valence-corrected chi connectivity index (χ0v) is 12.1. The molecule has 1 aromatic rings. The first-order valence-corrected chi connectivity index (χ1v) is 6.70.